The quantitative estimate of drug-likeness (QED) is 0.0314. The smallest absolute Gasteiger partial charge is 0.308 e. The number of carbonyl (C=O) groups excluding carboxylic acids is 8. The van der Waals surface area contributed by atoms with E-state index in [1.165, 1.54) is 0 Å². The van der Waals surface area contributed by atoms with Crippen molar-refractivity contribution >= 4 is 47.8 Å². The van der Waals surface area contributed by atoms with Gasteiger partial charge in [0.15, 0.2) is 0 Å². The summed E-state index contributed by atoms with van der Waals surface area (Å²) in [6.07, 6.45) is 20.9. The molecule has 0 aromatic carbocycles. The molecule has 0 saturated heterocycles. The van der Waals surface area contributed by atoms with Gasteiger partial charge in [-0.05, 0) is 84.1 Å². The molecule has 0 aromatic rings. The van der Waals surface area contributed by atoms with E-state index in [1.54, 1.807) is 0 Å². The SMILES string of the molecule is CCCCCC(C)C(=O)OCCCCOC(=O)CCN(CCC(=O)OCCCCOC(=O)C(C)CCCCC)CCN(C)CCN(CCC(=O)OCCCCOC(=O)C(C)CCCCC)CCC(=O)OCCCCOC(=O)C(C)CCCCC. The molecule has 0 aliphatic heterocycles. The Bertz CT molecular complexity index is 1490. The number of hydrogen-bond acceptors (Lipinski definition) is 19. The Morgan fingerprint density at radius 1 is 0.274 bits per heavy atom. The zero-order valence-electron chi connectivity index (χ0n) is 54.3. The fourth-order valence-corrected chi connectivity index (χ4v) is 8.79. The Balaban J connectivity index is 5.49. The Hall–Kier alpha value is -4.36. The molecule has 0 aliphatic carbocycles. The first kappa shape index (κ1) is 79.6. The van der Waals surface area contributed by atoms with Crippen molar-refractivity contribution in [2.24, 2.45) is 23.7 Å². The molecule has 0 bridgehead atoms. The largest absolute Gasteiger partial charge is 0.466 e. The fraction of sp³-hybridized carbons (Fsp3) is 0.877. The van der Waals surface area contributed by atoms with Gasteiger partial charge in [0.1, 0.15) is 0 Å². The minimum Gasteiger partial charge on any atom is -0.466 e. The predicted octanol–water partition coefficient (Wildman–Crippen LogP) is 11.4. The Labute approximate surface area is 508 Å². The van der Waals surface area contributed by atoms with Gasteiger partial charge in [-0.25, -0.2) is 0 Å². The molecule has 84 heavy (non-hydrogen) atoms. The summed E-state index contributed by atoms with van der Waals surface area (Å²) in [5, 5.41) is 0. The molecule has 0 rings (SSSR count). The predicted molar refractivity (Wildman–Crippen MR) is 327 cm³/mol. The van der Waals surface area contributed by atoms with E-state index >= 15 is 0 Å². The number of carbonyl (C=O) groups is 8. The van der Waals surface area contributed by atoms with Gasteiger partial charge in [0.2, 0.25) is 0 Å². The average Bonchev–Trinajstić information content (AvgIpc) is 3.48. The molecule has 0 fully saturated rings. The second-order valence-electron chi connectivity index (χ2n) is 23.0. The lowest BCUT2D eigenvalue weighted by atomic mass is 10.0. The molecule has 490 valence electrons. The normalized spacial score (nSPS) is 12.8. The maximum Gasteiger partial charge on any atom is 0.308 e. The van der Waals surface area contributed by atoms with E-state index in [4.69, 9.17) is 37.9 Å². The molecule has 0 aliphatic rings. The maximum absolute atomic E-state index is 12.9. The van der Waals surface area contributed by atoms with Gasteiger partial charge in [-0.3, -0.25) is 38.4 Å². The van der Waals surface area contributed by atoms with Crippen LogP contribution in [0.5, 0.6) is 0 Å². The van der Waals surface area contributed by atoms with E-state index < -0.39 is 0 Å². The summed E-state index contributed by atoms with van der Waals surface area (Å²) in [6.45, 7) is 21.6. The van der Waals surface area contributed by atoms with Crippen LogP contribution in [0.2, 0.25) is 0 Å². The number of rotatable bonds is 58. The van der Waals surface area contributed by atoms with E-state index in [1.807, 2.05) is 44.5 Å². The summed E-state index contributed by atoms with van der Waals surface area (Å²) in [6, 6.07) is 0. The van der Waals surface area contributed by atoms with Crippen LogP contribution < -0.4 is 0 Å². The van der Waals surface area contributed by atoms with Gasteiger partial charge < -0.3 is 52.6 Å². The van der Waals surface area contributed by atoms with Crippen molar-refractivity contribution in [3.8, 4) is 0 Å². The second-order valence-corrected chi connectivity index (χ2v) is 23.0. The third-order valence-corrected chi connectivity index (χ3v) is 14.9. The van der Waals surface area contributed by atoms with Gasteiger partial charge >= 0.3 is 47.8 Å². The number of esters is 8. The summed E-state index contributed by atoms with van der Waals surface area (Å²) in [7, 11) is 1.96. The third-order valence-electron chi connectivity index (χ3n) is 14.9. The first-order chi connectivity index (χ1) is 40.5. The van der Waals surface area contributed by atoms with E-state index in [-0.39, 0.29) is 150 Å². The molecular formula is C65H119N3O16. The lowest BCUT2D eigenvalue weighted by Gasteiger charge is -2.27. The van der Waals surface area contributed by atoms with Gasteiger partial charge in [0.05, 0.1) is 102 Å². The van der Waals surface area contributed by atoms with Crippen LogP contribution in [0.25, 0.3) is 0 Å². The highest BCUT2D eigenvalue weighted by Gasteiger charge is 2.20. The molecule has 0 saturated carbocycles. The van der Waals surface area contributed by atoms with Crippen LogP contribution in [-0.2, 0) is 76.3 Å². The van der Waals surface area contributed by atoms with Gasteiger partial charge in [-0.1, -0.05) is 132 Å². The highest BCUT2D eigenvalue weighted by atomic mass is 16.6. The van der Waals surface area contributed by atoms with Crippen LogP contribution in [0, 0.1) is 23.7 Å². The maximum atomic E-state index is 12.9. The van der Waals surface area contributed by atoms with Crippen molar-refractivity contribution in [2.75, 3.05) is 112 Å². The molecule has 19 nitrogen and oxygen atoms in total. The standard InChI is InChI=1S/C65H119N3O16/c1-10-14-18-30-54(5)62(73)81-50-26-22-46-77-58(69)34-38-67(39-35-59(70)78-47-23-27-51-82-63(74)55(6)31-19-15-11-2)44-42-66(9)43-45-68(40-36-60(71)79-48-24-28-52-83-64(75)56(7)32-20-16-12-3)41-37-61(72)80-49-25-29-53-84-65(76)57(8)33-21-17-13-4/h54-57H,10-53H2,1-9H3. The molecule has 0 spiro atoms. The van der Waals surface area contributed by atoms with Gasteiger partial charge in [0, 0.05) is 52.4 Å². The fourth-order valence-electron chi connectivity index (χ4n) is 8.79. The highest BCUT2D eigenvalue weighted by Crippen LogP contribution is 2.15. The lowest BCUT2D eigenvalue weighted by molar-refractivity contribution is -0.149. The molecule has 4 atom stereocenters. The number of nitrogens with zero attached hydrogens (tertiary/aromatic N) is 3. The van der Waals surface area contributed by atoms with E-state index in [2.05, 4.69) is 32.6 Å². The average molecular weight is 1200 g/mol. The molecular weight excluding hydrogens is 1080 g/mol. The third kappa shape index (κ3) is 47.8. The van der Waals surface area contributed by atoms with Crippen molar-refractivity contribution in [1.82, 2.24) is 14.7 Å². The number of likely N-dealkylation sites (N-methyl/N-ethyl adjacent to an activating group) is 1. The van der Waals surface area contributed by atoms with Crippen LogP contribution in [-0.4, -0.2) is 175 Å². The summed E-state index contributed by atoms with van der Waals surface area (Å²) < 4.78 is 43.9. The van der Waals surface area contributed by atoms with Crippen molar-refractivity contribution < 1.29 is 76.3 Å². The van der Waals surface area contributed by atoms with E-state index in [0.717, 1.165) is 103 Å². The summed E-state index contributed by atoms with van der Waals surface area (Å²) >= 11 is 0. The van der Waals surface area contributed by atoms with Gasteiger partial charge in [0.25, 0.3) is 0 Å². The van der Waals surface area contributed by atoms with Crippen LogP contribution in [0.4, 0.5) is 0 Å². The number of ether oxygens (including phenoxy) is 8. The molecule has 4 unspecified atom stereocenters. The highest BCUT2D eigenvalue weighted by molar-refractivity contribution is 5.73. The van der Waals surface area contributed by atoms with Crippen LogP contribution in [0.15, 0.2) is 0 Å². The minimum absolute atomic E-state index is 0.108. The first-order valence-electron chi connectivity index (χ1n) is 32.9. The molecule has 0 heterocycles. The second kappa shape index (κ2) is 55.2. The summed E-state index contributed by atoms with van der Waals surface area (Å²) in [5.74, 6) is -2.81. The zero-order chi connectivity index (χ0) is 62.4. The Morgan fingerprint density at radius 3 is 0.679 bits per heavy atom. The number of hydrogen-bond donors (Lipinski definition) is 0. The molecule has 19 heteroatoms. The number of unbranched alkanes of at least 4 members (excludes halogenated alkanes) is 12. The Morgan fingerprint density at radius 2 is 0.476 bits per heavy atom. The summed E-state index contributed by atoms with van der Waals surface area (Å²) in [5.41, 5.74) is 0. The summed E-state index contributed by atoms with van der Waals surface area (Å²) in [4.78, 5) is 107. The van der Waals surface area contributed by atoms with Crippen molar-refractivity contribution in [2.45, 2.75) is 235 Å². The van der Waals surface area contributed by atoms with E-state index in [0.29, 0.717) is 104 Å². The lowest BCUT2D eigenvalue weighted by Crippen LogP contribution is -2.40. The Kier molecular flexibility index (Phi) is 52.4. The van der Waals surface area contributed by atoms with E-state index in [9.17, 15) is 38.4 Å². The van der Waals surface area contributed by atoms with Crippen molar-refractivity contribution in [3.05, 3.63) is 0 Å². The molecule has 0 radical (unpaired) electrons. The van der Waals surface area contributed by atoms with Crippen LogP contribution in [0.1, 0.15) is 235 Å². The minimum atomic E-state index is -0.367. The van der Waals surface area contributed by atoms with Crippen molar-refractivity contribution in [3.63, 3.8) is 0 Å². The van der Waals surface area contributed by atoms with Crippen LogP contribution >= 0.6 is 0 Å². The van der Waals surface area contributed by atoms with Gasteiger partial charge in [-0.15, -0.1) is 0 Å². The zero-order valence-corrected chi connectivity index (χ0v) is 54.3. The van der Waals surface area contributed by atoms with Crippen LogP contribution in [0.3, 0.4) is 0 Å². The molecule has 0 amide bonds. The topological polar surface area (TPSA) is 220 Å². The van der Waals surface area contributed by atoms with Gasteiger partial charge in [-0.2, -0.15) is 0 Å². The molecule has 0 N–H and O–H groups in total. The monoisotopic (exact) mass is 1200 g/mol. The molecule has 0 aromatic heterocycles. The van der Waals surface area contributed by atoms with Crippen molar-refractivity contribution in [1.29, 1.82) is 0 Å². The first-order valence-corrected chi connectivity index (χ1v) is 32.9.